The molecule has 8 nitrogen and oxygen atoms in total. The Balaban J connectivity index is 1.44. The van der Waals surface area contributed by atoms with E-state index in [9.17, 15) is 24.3 Å². The summed E-state index contributed by atoms with van der Waals surface area (Å²) in [6.45, 7) is 2.92. The van der Waals surface area contributed by atoms with E-state index in [0.717, 1.165) is 28.0 Å². The van der Waals surface area contributed by atoms with Gasteiger partial charge in [0, 0.05) is 18.7 Å². The fourth-order valence-corrected chi connectivity index (χ4v) is 5.75. The van der Waals surface area contributed by atoms with Crippen molar-refractivity contribution >= 4 is 34.0 Å². The zero-order valence-corrected chi connectivity index (χ0v) is 23.0. The van der Waals surface area contributed by atoms with E-state index in [4.69, 9.17) is 9.47 Å². The zero-order valence-electron chi connectivity index (χ0n) is 23.0. The van der Waals surface area contributed by atoms with Crippen molar-refractivity contribution in [2.75, 3.05) is 0 Å². The molecule has 4 aromatic rings. The molecule has 1 amide bonds. The van der Waals surface area contributed by atoms with Gasteiger partial charge in [-0.2, -0.15) is 0 Å². The van der Waals surface area contributed by atoms with Crippen LogP contribution in [-0.4, -0.2) is 28.4 Å². The van der Waals surface area contributed by atoms with E-state index in [1.165, 1.54) is 19.9 Å². The maximum Gasteiger partial charge on any atom is 0.259 e. The first kappa shape index (κ1) is 27.0. The van der Waals surface area contributed by atoms with E-state index < -0.39 is 34.6 Å². The molecule has 8 heteroatoms. The second kappa shape index (κ2) is 10.3. The SMILES string of the molecule is CC(=O)C1C(=O)C=C2Oc3c(C(=O)NCc4cccc5ccccc45)c(OCc4ccccc4)cc(O)c3[C@]2(C)C1=O. The van der Waals surface area contributed by atoms with Gasteiger partial charge in [0.15, 0.2) is 17.3 Å². The molecule has 1 heterocycles. The molecule has 0 aromatic heterocycles. The number of hydrogen-bond donors (Lipinski definition) is 2. The number of allylic oxidation sites excluding steroid dienone is 2. The van der Waals surface area contributed by atoms with Gasteiger partial charge in [-0.05, 0) is 35.7 Å². The van der Waals surface area contributed by atoms with Gasteiger partial charge in [-0.3, -0.25) is 19.2 Å². The quantitative estimate of drug-likeness (QED) is 0.307. The average molecular weight is 562 g/mol. The Bertz CT molecular complexity index is 1820. The first-order valence-electron chi connectivity index (χ1n) is 13.5. The van der Waals surface area contributed by atoms with Crippen LogP contribution in [0.4, 0.5) is 0 Å². The summed E-state index contributed by atoms with van der Waals surface area (Å²) in [4.78, 5) is 52.5. The Hall–Kier alpha value is -5.24. The number of nitrogens with one attached hydrogen (secondary N) is 1. The number of ketones is 3. The number of aromatic hydroxyl groups is 1. The summed E-state index contributed by atoms with van der Waals surface area (Å²) in [5.41, 5.74) is 0.0496. The molecular formula is C34H27NO7. The van der Waals surface area contributed by atoms with Crippen molar-refractivity contribution in [3.8, 4) is 17.2 Å². The highest BCUT2D eigenvalue weighted by Crippen LogP contribution is 2.56. The van der Waals surface area contributed by atoms with Gasteiger partial charge in [0.25, 0.3) is 5.91 Å². The fourth-order valence-electron chi connectivity index (χ4n) is 5.75. The van der Waals surface area contributed by atoms with Gasteiger partial charge >= 0.3 is 0 Å². The number of phenols is 1. The molecule has 0 bridgehead atoms. The van der Waals surface area contributed by atoms with Crippen LogP contribution in [0.15, 0.2) is 90.7 Å². The lowest BCUT2D eigenvalue weighted by atomic mass is 9.67. The van der Waals surface area contributed by atoms with Crippen LogP contribution < -0.4 is 14.8 Å². The number of Topliss-reactive ketones (excluding diaryl/α,β-unsaturated/α-hetero) is 2. The van der Waals surface area contributed by atoms with Crippen LogP contribution in [0.3, 0.4) is 0 Å². The molecule has 1 aliphatic carbocycles. The van der Waals surface area contributed by atoms with Crippen LogP contribution in [0.2, 0.25) is 0 Å². The number of amides is 1. The van der Waals surface area contributed by atoms with Crippen molar-refractivity contribution in [3.63, 3.8) is 0 Å². The average Bonchev–Trinajstić information content (AvgIpc) is 3.28. The van der Waals surface area contributed by atoms with Gasteiger partial charge < -0.3 is 19.9 Å². The van der Waals surface area contributed by atoms with Gasteiger partial charge in [-0.25, -0.2) is 0 Å². The number of carbonyl (C=O) groups excluding carboxylic acids is 4. The minimum atomic E-state index is -1.65. The third-order valence-electron chi connectivity index (χ3n) is 7.93. The van der Waals surface area contributed by atoms with E-state index >= 15 is 0 Å². The number of carbonyl (C=O) groups is 4. The molecule has 210 valence electrons. The zero-order chi connectivity index (χ0) is 29.6. The second-order valence-electron chi connectivity index (χ2n) is 10.6. The summed E-state index contributed by atoms with van der Waals surface area (Å²) in [7, 11) is 0. The van der Waals surface area contributed by atoms with Crippen molar-refractivity contribution in [1.82, 2.24) is 5.32 Å². The number of fused-ring (bicyclic) bond motifs is 4. The molecule has 0 fully saturated rings. The van der Waals surface area contributed by atoms with Gasteiger partial charge in [0.1, 0.15) is 46.5 Å². The van der Waals surface area contributed by atoms with E-state index in [0.29, 0.717) is 0 Å². The number of rotatable bonds is 7. The molecule has 6 rings (SSSR count). The fraction of sp³-hybridized carbons (Fsp3) is 0.176. The van der Waals surface area contributed by atoms with Crippen LogP contribution in [0.1, 0.15) is 40.9 Å². The summed E-state index contributed by atoms with van der Waals surface area (Å²) >= 11 is 0. The summed E-state index contributed by atoms with van der Waals surface area (Å²) in [5.74, 6) is -4.56. The molecule has 2 atom stereocenters. The molecule has 4 aromatic carbocycles. The highest BCUT2D eigenvalue weighted by atomic mass is 16.5. The van der Waals surface area contributed by atoms with Gasteiger partial charge in [0.05, 0.1) is 5.56 Å². The van der Waals surface area contributed by atoms with Crippen molar-refractivity contribution in [1.29, 1.82) is 0 Å². The standard InChI is InChI=1S/C34H27NO7/c1-19(36)28-24(37)16-27-34(2,32(28)39)30-25(38)15-26(41-18-20-9-4-3-5-10-20)29(31(30)42-27)33(40)35-17-22-13-8-12-21-11-6-7-14-23(21)22/h3-16,28,38H,17-18H2,1-2H3,(H,35,40)/t28?,34-/m1/s1. The lowest BCUT2D eigenvalue weighted by Crippen LogP contribution is -2.47. The molecule has 0 saturated heterocycles. The minimum absolute atomic E-state index is 0.0138. The smallest absolute Gasteiger partial charge is 0.259 e. The molecule has 1 aliphatic heterocycles. The summed E-state index contributed by atoms with van der Waals surface area (Å²) in [5, 5.41) is 16.2. The molecule has 1 unspecified atom stereocenters. The lowest BCUT2D eigenvalue weighted by Gasteiger charge is -2.30. The van der Waals surface area contributed by atoms with Crippen molar-refractivity contribution < 1.29 is 33.8 Å². The number of hydrogen-bond acceptors (Lipinski definition) is 7. The van der Waals surface area contributed by atoms with Crippen LogP contribution in [0, 0.1) is 5.92 Å². The van der Waals surface area contributed by atoms with Gasteiger partial charge in [0.2, 0.25) is 0 Å². The highest BCUT2D eigenvalue weighted by Gasteiger charge is 2.58. The Morgan fingerprint density at radius 3 is 2.48 bits per heavy atom. The first-order valence-corrected chi connectivity index (χ1v) is 13.5. The predicted octanol–water partition coefficient (Wildman–Crippen LogP) is 4.95. The maximum atomic E-state index is 13.9. The summed E-state index contributed by atoms with van der Waals surface area (Å²) < 4.78 is 12.1. The number of phenolic OH excluding ortho intramolecular Hbond substituents is 1. The summed E-state index contributed by atoms with van der Waals surface area (Å²) in [6, 6.07) is 24.2. The molecule has 0 saturated carbocycles. The monoisotopic (exact) mass is 561 g/mol. The number of benzene rings is 4. The predicted molar refractivity (Wildman–Crippen MR) is 154 cm³/mol. The Kier molecular flexibility index (Phi) is 6.61. The third-order valence-corrected chi connectivity index (χ3v) is 7.93. The largest absolute Gasteiger partial charge is 0.507 e. The molecular weight excluding hydrogens is 534 g/mol. The second-order valence-corrected chi connectivity index (χ2v) is 10.6. The van der Waals surface area contributed by atoms with Crippen molar-refractivity contribution in [3.05, 3.63) is 113 Å². The van der Waals surface area contributed by atoms with E-state index in [1.807, 2.05) is 72.8 Å². The van der Waals surface area contributed by atoms with Crippen LogP contribution in [-0.2, 0) is 33.0 Å². The molecule has 0 spiro atoms. The van der Waals surface area contributed by atoms with Crippen LogP contribution in [0.5, 0.6) is 17.2 Å². The molecule has 0 radical (unpaired) electrons. The maximum absolute atomic E-state index is 13.9. The first-order chi connectivity index (χ1) is 20.2. The highest BCUT2D eigenvalue weighted by molar-refractivity contribution is 6.27. The molecule has 42 heavy (non-hydrogen) atoms. The Labute approximate surface area is 241 Å². The van der Waals surface area contributed by atoms with E-state index in [2.05, 4.69) is 5.32 Å². The van der Waals surface area contributed by atoms with Gasteiger partial charge in [-0.15, -0.1) is 0 Å². The van der Waals surface area contributed by atoms with Gasteiger partial charge in [-0.1, -0.05) is 72.8 Å². The van der Waals surface area contributed by atoms with Crippen LogP contribution >= 0.6 is 0 Å². The lowest BCUT2D eigenvalue weighted by molar-refractivity contribution is -0.140. The van der Waals surface area contributed by atoms with Crippen molar-refractivity contribution in [2.24, 2.45) is 5.92 Å². The minimum Gasteiger partial charge on any atom is -0.507 e. The van der Waals surface area contributed by atoms with Crippen molar-refractivity contribution in [2.45, 2.75) is 32.4 Å². The molecule has 2 aliphatic rings. The van der Waals surface area contributed by atoms with Crippen LogP contribution in [0.25, 0.3) is 10.8 Å². The molecule has 2 N–H and O–H groups in total. The third kappa shape index (κ3) is 4.32. The normalized spacial score (nSPS) is 19.0. The number of ether oxygens (including phenoxy) is 2. The van der Waals surface area contributed by atoms with E-state index in [-0.39, 0.29) is 47.3 Å². The summed E-state index contributed by atoms with van der Waals surface area (Å²) in [6.07, 6.45) is 1.11. The topological polar surface area (TPSA) is 119 Å². The van der Waals surface area contributed by atoms with E-state index in [1.54, 1.807) is 0 Å². The Morgan fingerprint density at radius 2 is 1.71 bits per heavy atom. The Morgan fingerprint density at radius 1 is 1.00 bits per heavy atom.